The van der Waals surface area contributed by atoms with Gasteiger partial charge in [-0.25, -0.2) is 14.8 Å². The van der Waals surface area contributed by atoms with E-state index in [1.165, 1.54) is 13.3 Å². The molecule has 126 valence electrons. The molecule has 0 aliphatic heterocycles. The summed E-state index contributed by atoms with van der Waals surface area (Å²) in [7, 11) is 1.36. The predicted octanol–water partition coefficient (Wildman–Crippen LogP) is 2.81. The molecule has 0 spiro atoms. The van der Waals surface area contributed by atoms with Crippen molar-refractivity contribution in [3.05, 3.63) is 54.5 Å². The van der Waals surface area contributed by atoms with E-state index in [4.69, 9.17) is 4.74 Å². The third-order valence-corrected chi connectivity index (χ3v) is 4.05. The van der Waals surface area contributed by atoms with Crippen LogP contribution in [0.3, 0.4) is 0 Å². The molecule has 7 heteroatoms. The minimum Gasteiger partial charge on any atom is -0.465 e. The number of pyridine rings is 3. The van der Waals surface area contributed by atoms with Crippen LogP contribution in [0.1, 0.15) is 23.2 Å². The van der Waals surface area contributed by atoms with Crippen LogP contribution in [0.25, 0.3) is 10.9 Å². The normalized spacial score (nSPS) is 13.5. The standard InChI is InChI=1S/C18H17N5O2/c1-25-18(24)13-3-7-17(20-11-13)23(14-4-5-14)22-16-6-2-12-10-19-9-8-15(12)21-16/h2-3,6-11,14H,4-5H2,1H3,(H,21,22). The van der Waals surface area contributed by atoms with Crippen LogP contribution >= 0.6 is 0 Å². The first-order valence-corrected chi connectivity index (χ1v) is 8.05. The monoisotopic (exact) mass is 335 g/mol. The van der Waals surface area contributed by atoms with Gasteiger partial charge in [0.2, 0.25) is 0 Å². The van der Waals surface area contributed by atoms with E-state index in [0.29, 0.717) is 11.6 Å². The summed E-state index contributed by atoms with van der Waals surface area (Å²) in [4.78, 5) is 24.7. The fourth-order valence-corrected chi connectivity index (χ4v) is 2.59. The zero-order valence-electron chi connectivity index (χ0n) is 13.7. The van der Waals surface area contributed by atoms with E-state index < -0.39 is 5.97 Å². The van der Waals surface area contributed by atoms with Gasteiger partial charge in [-0.15, -0.1) is 0 Å². The van der Waals surface area contributed by atoms with Crippen molar-refractivity contribution in [1.29, 1.82) is 0 Å². The van der Waals surface area contributed by atoms with Gasteiger partial charge in [-0.1, -0.05) is 0 Å². The molecule has 0 saturated heterocycles. The highest BCUT2D eigenvalue weighted by Gasteiger charge is 2.31. The lowest BCUT2D eigenvalue weighted by atomic mass is 10.3. The maximum Gasteiger partial charge on any atom is 0.339 e. The number of ether oxygens (including phenoxy) is 1. The summed E-state index contributed by atoms with van der Waals surface area (Å²) >= 11 is 0. The van der Waals surface area contributed by atoms with Crippen LogP contribution in [0.2, 0.25) is 0 Å². The Labute approximate surface area is 144 Å². The van der Waals surface area contributed by atoms with Crippen LogP contribution in [-0.2, 0) is 4.74 Å². The van der Waals surface area contributed by atoms with Crippen molar-refractivity contribution in [3.63, 3.8) is 0 Å². The Balaban J connectivity index is 1.59. The number of anilines is 2. The number of fused-ring (bicyclic) bond motifs is 1. The molecule has 1 fully saturated rings. The lowest BCUT2D eigenvalue weighted by molar-refractivity contribution is 0.0600. The summed E-state index contributed by atoms with van der Waals surface area (Å²) < 4.78 is 4.71. The number of nitrogens with one attached hydrogen (secondary N) is 1. The van der Waals surface area contributed by atoms with Gasteiger partial charge >= 0.3 is 5.97 Å². The van der Waals surface area contributed by atoms with Gasteiger partial charge in [0.15, 0.2) is 0 Å². The fourth-order valence-electron chi connectivity index (χ4n) is 2.59. The van der Waals surface area contributed by atoms with Gasteiger partial charge in [-0.2, -0.15) is 0 Å². The van der Waals surface area contributed by atoms with Crippen LogP contribution in [0.15, 0.2) is 48.9 Å². The molecule has 1 saturated carbocycles. The number of esters is 1. The number of carbonyl (C=O) groups is 1. The molecule has 7 nitrogen and oxygen atoms in total. The summed E-state index contributed by atoms with van der Waals surface area (Å²) in [5.41, 5.74) is 4.64. The molecule has 3 aromatic heterocycles. The van der Waals surface area contributed by atoms with Gasteiger partial charge in [0.25, 0.3) is 0 Å². The number of carbonyl (C=O) groups excluding carboxylic acids is 1. The molecule has 0 radical (unpaired) electrons. The SMILES string of the molecule is COC(=O)c1ccc(N(Nc2ccc3cnccc3n2)C2CC2)nc1. The molecule has 1 aliphatic rings. The third kappa shape index (κ3) is 3.21. The van der Waals surface area contributed by atoms with Gasteiger partial charge in [-0.3, -0.25) is 15.4 Å². The number of methoxy groups -OCH3 is 1. The fraction of sp³-hybridized carbons (Fsp3) is 0.222. The molecule has 3 aromatic rings. The van der Waals surface area contributed by atoms with Gasteiger partial charge in [-0.05, 0) is 43.2 Å². The zero-order chi connectivity index (χ0) is 17.2. The number of nitrogens with zero attached hydrogens (tertiary/aromatic N) is 4. The summed E-state index contributed by atoms with van der Waals surface area (Å²) in [6.45, 7) is 0. The molecular weight excluding hydrogens is 318 g/mol. The Morgan fingerprint density at radius 3 is 2.80 bits per heavy atom. The van der Waals surface area contributed by atoms with Crippen LogP contribution in [-0.4, -0.2) is 34.1 Å². The average molecular weight is 335 g/mol. The predicted molar refractivity (Wildman–Crippen MR) is 94.2 cm³/mol. The van der Waals surface area contributed by atoms with Crippen molar-refractivity contribution >= 4 is 28.5 Å². The largest absolute Gasteiger partial charge is 0.465 e. The smallest absolute Gasteiger partial charge is 0.339 e. The van der Waals surface area contributed by atoms with Crippen molar-refractivity contribution in [2.45, 2.75) is 18.9 Å². The molecule has 0 atom stereocenters. The Morgan fingerprint density at radius 2 is 2.08 bits per heavy atom. The molecule has 3 heterocycles. The quantitative estimate of drug-likeness (QED) is 0.567. The van der Waals surface area contributed by atoms with Crippen molar-refractivity contribution < 1.29 is 9.53 Å². The molecule has 25 heavy (non-hydrogen) atoms. The van der Waals surface area contributed by atoms with Gasteiger partial charge in [0, 0.05) is 24.0 Å². The van der Waals surface area contributed by atoms with Crippen LogP contribution in [0, 0.1) is 0 Å². The van der Waals surface area contributed by atoms with Crippen molar-refractivity contribution in [2.75, 3.05) is 17.5 Å². The molecule has 1 N–H and O–H groups in total. The summed E-state index contributed by atoms with van der Waals surface area (Å²) in [6.07, 6.45) is 7.22. The van der Waals surface area contributed by atoms with Crippen LogP contribution in [0.5, 0.6) is 0 Å². The summed E-state index contributed by atoms with van der Waals surface area (Å²) in [6, 6.07) is 9.67. The summed E-state index contributed by atoms with van der Waals surface area (Å²) in [5.74, 6) is 1.09. The minimum atomic E-state index is -0.394. The van der Waals surface area contributed by atoms with Crippen molar-refractivity contribution in [1.82, 2.24) is 15.0 Å². The number of hydrogen-bond donors (Lipinski definition) is 1. The topological polar surface area (TPSA) is 80.2 Å². The average Bonchev–Trinajstić information content (AvgIpc) is 3.50. The Bertz CT molecular complexity index is 909. The second kappa shape index (κ2) is 6.35. The first-order valence-electron chi connectivity index (χ1n) is 8.05. The van der Waals surface area contributed by atoms with E-state index in [0.717, 1.165) is 35.4 Å². The maximum atomic E-state index is 11.5. The van der Waals surface area contributed by atoms with Gasteiger partial charge in [0.05, 0.1) is 24.2 Å². The summed E-state index contributed by atoms with van der Waals surface area (Å²) in [5, 5.41) is 2.99. The molecule has 0 bridgehead atoms. The molecule has 0 amide bonds. The van der Waals surface area contributed by atoms with E-state index in [-0.39, 0.29) is 0 Å². The molecule has 4 rings (SSSR count). The highest BCUT2D eigenvalue weighted by Crippen LogP contribution is 2.31. The van der Waals surface area contributed by atoms with Gasteiger partial charge < -0.3 is 4.74 Å². The first-order chi connectivity index (χ1) is 12.2. The maximum absolute atomic E-state index is 11.5. The second-order valence-electron chi connectivity index (χ2n) is 5.87. The third-order valence-electron chi connectivity index (χ3n) is 4.05. The van der Waals surface area contributed by atoms with Gasteiger partial charge in [0.1, 0.15) is 11.6 Å². The van der Waals surface area contributed by atoms with E-state index >= 15 is 0 Å². The molecule has 0 unspecified atom stereocenters. The number of hydrazine groups is 1. The molecule has 0 aromatic carbocycles. The first kappa shape index (κ1) is 15.3. The minimum absolute atomic E-state index is 0.367. The van der Waals surface area contributed by atoms with Crippen molar-refractivity contribution in [3.8, 4) is 0 Å². The highest BCUT2D eigenvalue weighted by atomic mass is 16.5. The number of aromatic nitrogens is 3. The van der Waals surface area contributed by atoms with E-state index in [2.05, 4.69) is 20.4 Å². The highest BCUT2D eigenvalue weighted by molar-refractivity contribution is 5.89. The lowest BCUT2D eigenvalue weighted by Gasteiger charge is -2.24. The zero-order valence-corrected chi connectivity index (χ0v) is 13.7. The van der Waals surface area contributed by atoms with E-state index in [1.807, 2.05) is 29.3 Å². The van der Waals surface area contributed by atoms with Crippen LogP contribution < -0.4 is 10.4 Å². The Morgan fingerprint density at radius 1 is 1.20 bits per heavy atom. The van der Waals surface area contributed by atoms with Crippen LogP contribution in [0.4, 0.5) is 11.6 Å². The van der Waals surface area contributed by atoms with Crippen molar-refractivity contribution in [2.24, 2.45) is 0 Å². The second-order valence-corrected chi connectivity index (χ2v) is 5.87. The Kier molecular flexibility index (Phi) is 3.89. The van der Waals surface area contributed by atoms with E-state index in [9.17, 15) is 4.79 Å². The molecular formula is C18H17N5O2. The number of hydrogen-bond acceptors (Lipinski definition) is 7. The lowest BCUT2D eigenvalue weighted by Crippen LogP contribution is -2.33. The Hall–Kier alpha value is -3.22. The number of rotatable bonds is 5. The van der Waals surface area contributed by atoms with E-state index in [1.54, 1.807) is 18.5 Å². The molecule has 1 aliphatic carbocycles.